The molecule has 1 aliphatic carbocycles. The van der Waals surface area contributed by atoms with Gasteiger partial charge < -0.3 is 5.32 Å². The fraction of sp³-hybridized carbons (Fsp3) is 1.00. The van der Waals surface area contributed by atoms with Crippen LogP contribution in [0.2, 0.25) is 0 Å². The van der Waals surface area contributed by atoms with Crippen molar-refractivity contribution in [2.75, 3.05) is 25.4 Å². The molecule has 6 heteroatoms. The number of sulfonamides is 1. The third-order valence-corrected chi connectivity index (χ3v) is 5.09. The SMILES string of the molecule is C[C@@H]1CNCCN1S(=O)(=O)CC1CC1.Cl. The first-order valence-electron chi connectivity index (χ1n) is 5.30. The van der Waals surface area contributed by atoms with E-state index in [-0.39, 0.29) is 18.4 Å². The molecule has 2 fully saturated rings. The number of rotatable bonds is 3. The van der Waals surface area contributed by atoms with E-state index in [1.807, 2.05) is 6.92 Å². The second kappa shape index (κ2) is 4.99. The summed E-state index contributed by atoms with van der Waals surface area (Å²) in [6, 6.07) is 0.118. The summed E-state index contributed by atoms with van der Waals surface area (Å²) in [4.78, 5) is 0. The van der Waals surface area contributed by atoms with E-state index in [0.29, 0.717) is 18.2 Å². The molecule has 2 rings (SSSR count). The monoisotopic (exact) mass is 254 g/mol. The van der Waals surface area contributed by atoms with Crippen molar-refractivity contribution in [1.82, 2.24) is 9.62 Å². The lowest BCUT2D eigenvalue weighted by atomic mass is 10.3. The molecule has 0 amide bonds. The molecular weight excluding hydrogens is 236 g/mol. The Balaban J connectivity index is 0.00000112. The Morgan fingerprint density at radius 3 is 2.60 bits per heavy atom. The maximum atomic E-state index is 11.9. The molecule has 0 aromatic heterocycles. The highest BCUT2D eigenvalue weighted by Crippen LogP contribution is 2.31. The van der Waals surface area contributed by atoms with Crippen molar-refractivity contribution < 1.29 is 8.42 Å². The van der Waals surface area contributed by atoms with Gasteiger partial charge in [-0.1, -0.05) is 0 Å². The third-order valence-electron chi connectivity index (χ3n) is 2.94. The molecule has 15 heavy (non-hydrogen) atoms. The molecular formula is C9H19ClN2O2S. The van der Waals surface area contributed by atoms with Gasteiger partial charge in [-0.3, -0.25) is 0 Å². The Bertz CT molecular complexity index is 303. The van der Waals surface area contributed by atoms with Gasteiger partial charge >= 0.3 is 0 Å². The van der Waals surface area contributed by atoms with Gasteiger partial charge in [-0.15, -0.1) is 12.4 Å². The molecule has 0 spiro atoms. The molecule has 1 atom stereocenters. The molecule has 4 nitrogen and oxygen atoms in total. The lowest BCUT2D eigenvalue weighted by Crippen LogP contribution is -2.52. The zero-order valence-electron chi connectivity index (χ0n) is 8.98. The Morgan fingerprint density at radius 1 is 1.40 bits per heavy atom. The predicted molar refractivity (Wildman–Crippen MR) is 62.8 cm³/mol. The smallest absolute Gasteiger partial charge is 0.214 e. The van der Waals surface area contributed by atoms with Gasteiger partial charge in [-0.05, 0) is 25.7 Å². The van der Waals surface area contributed by atoms with Crippen molar-refractivity contribution >= 4 is 22.4 Å². The van der Waals surface area contributed by atoms with Gasteiger partial charge in [0.25, 0.3) is 0 Å². The van der Waals surface area contributed by atoms with Crippen LogP contribution in [0.4, 0.5) is 0 Å². The van der Waals surface area contributed by atoms with E-state index < -0.39 is 10.0 Å². The molecule has 0 bridgehead atoms. The van der Waals surface area contributed by atoms with Gasteiger partial charge in [0.05, 0.1) is 5.75 Å². The van der Waals surface area contributed by atoms with Crippen molar-refractivity contribution in [3.05, 3.63) is 0 Å². The molecule has 1 N–H and O–H groups in total. The maximum Gasteiger partial charge on any atom is 0.214 e. The Kier molecular flexibility index (Phi) is 4.40. The number of nitrogens with one attached hydrogen (secondary N) is 1. The van der Waals surface area contributed by atoms with E-state index in [1.165, 1.54) is 0 Å². The summed E-state index contributed by atoms with van der Waals surface area (Å²) in [6.45, 7) is 4.17. The van der Waals surface area contributed by atoms with Gasteiger partial charge in [0.2, 0.25) is 10.0 Å². The molecule has 1 aliphatic heterocycles. The summed E-state index contributed by atoms with van der Waals surface area (Å²) >= 11 is 0. The zero-order chi connectivity index (χ0) is 10.2. The summed E-state index contributed by atoms with van der Waals surface area (Å²) in [5, 5.41) is 3.20. The summed E-state index contributed by atoms with van der Waals surface area (Å²) in [7, 11) is -2.98. The van der Waals surface area contributed by atoms with Crippen LogP contribution >= 0.6 is 12.4 Å². The normalized spacial score (nSPS) is 28.5. The first-order valence-corrected chi connectivity index (χ1v) is 6.91. The van der Waals surface area contributed by atoms with Crippen LogP contribution in [-0.2, 0) is 10.0 Å². The van der Waals surface area contributed by atoms with Gasteiger partial charge in [-0.25, -0.2) is 8.42 Å². The van der Waals surface area contributed by atoms with Gasteiger partial charge in [0, 0.05) is 25.7 Å². The summed E-state index contributed by atoms with van der Waals surface area (Å²) in [5.74, 6) is 0.819. The molecule has 0 aromatic rings. The number of piperazine rings is 1. The number of nitrogens with zero attached hydrogens (tertiary/aromatic N) is 1. The van der Waals surface area contributed by atoms with Crippen LogP contribution in [0, 0.1) is 5.92 Å². The fourth-order valence-electron chi connectivity index (χ4n) is 1.91. The molecule has 1 heterocycles. The Morgan fingerprint density at radius 2 is 2.07 bits per heavy atom. The van der Waals surface area contributed by atoms with Crippen molar-refractivity contribution in [1.29, 1.82) is 0 Å². The van der Waals surface area contributed by atoms with E-state index in [9.17, 15) is 8.42 Å². The first-order chi connectivity index (χ1) is 6.59. The molecule has 0 aromatic carbocycles. The van der Waals surface area contributed by atoms with Crippen LogP contribution in [0.15, 0.2) is 0 Å². The van der Waals surface area contributed by atoms with E-state index in [2.05, 4.69) is 5.32 Å². The van der Waals surface area contributed by atoms with Crippen LogP contribution in [0.25, 0.3) is 0 Å². The molecule has 0 unspecified atom stereocenters. The molecule has 1 saturated heterocycles. The van der Waals surface area contributed by atoms with Gasteiger partial charge in [0.15, 0.2) is 0 Å². The summed E-state index contributed by atoms with van der Waals surface area (Å²) in [5.41, 5.74) is 0. The minimum atomic E-state index is -2.98. The third kappa shape index (κ3) is 3.31. The lowest BCUT2D eigenvalue weighted by molar-refractivity contribution is 0.283. The summed E-state index contributed by atoms with van der Waals surface area (Å²) in [6.07, 6.45) is 2.19. The van der Waals surface area contributed by atoms with Gasteiger partial charge in [0.1, 0.15) is 0 Å². The van der Waals surface area contributed by atoms with Crippen molar-refractivity contribution in [2.24, 2.45) is 5.92 Å². The minimum Gasteiger partial charge on any atom is -0.314 e. The minimum absolute atomic E-state index is 0. The van der Waals surface area contributed by atoms with Crippen LogP contribution in [0.1, 0.15) is 19.8 Å². The maximum absolute atomic E-state index is 11.9. The van der Waals surface area contributed by atoms with Crippen molar-refractivity contribution in [3.8, 4) is 0 Å². The van der Waals surface area contributed by atoms with E-state index in [4.69, 9.17) is 0 Å². The Hall–Kier alpha value is 0.160. The highest BCUT2D eigenvalue weighted by atomic mass is 35.5. The van der Waals surface area contributed by atoms with E-state index >= 15 is 0 Å². The van der Waals surface area contributed by atoms with Gasteiger partial charge in [-0.2, -0.15) is 4.31 Å². The second-order valence-electron chi connectivity index (χ2n) is 4.39. The highest BCUT2D eigenvalue weighted by Gasteiger charge is 2.34. The van der Waals surface area contributed by atoms with E-state index in [1.54, 1.807) is 4.31 Å². The first kappa shape index (κ1) is 13.2. The topological polar surface area (TPSA) is 49.4 Å². The Labute approximate surface area is 97.9 Å². The fourth-order valence-corrected chi connectivity index (χ4v) is 4.03. The van der Waals surface area contributed by atoms with Crippen LogP contribution in [0.5, 0.6) is 0 Å². The number of halogens is 1. The molecule has 2 aliphatic rings. The predicted octanol–water partition coefficient (Wildman–Crippen LogP) is 0.442. The van der Waals surface area contributed by atoms with E-state index in [0.717, 1.165) is 25.9 Å². The molecule has 0 radical (unpaired) electrons. The average molecular weight is 255 g/mol. The largest absolute Gasteiger partial charge is 0.314 e. The van der Waals surface area contributed by atoms with Crippen molar-refractivity contribution in [3.63, 3.8) is 0 Å². The molecule has 1 saturated carbocycles. The highest BCUT2D eigenvalue weighted by molar-refractivity contribution is 7.89. The zero-order valence-corrected chi connectivity index (χ0v) is 10.6. The quantitative estimate of drug-likeness (QED) is 0.795. The molecule has 90 valence electrons. The van der Waals surface area contributed by atoms with Crippen LogP contribution < -0.4 is 5.32 Å². The van der Waals surface area contributed by atoms with Crippen LogP contribution in [0.3, 0.4) is 0 Å². The number of hydrogen-bond donors (Lipinski definition) is 1. The number of hydrogen-bond acceptors (Lipinski definition) is 3. The van der Waals surface area contributed by atoms with Crippen molar-refractivity contribution in [2.45, 2.75) is 25.8 Å². The average Bonchev–Trinajstić information content (AvgIpc) is 2.88. The summed E-state index contributed by atoms with van der Waals surface area (Å²) < 4.78 is 25.6. The second-order valence-corrected chi connectivity index (χ2v) is 6.35. The standard InChI is InChI=1S/C9H18N2O2S.ClH/c1-8-6-10-4-5-11(8)14(12,13)7-9-2-3-9;/h8-10H,2-7H2,1H3;1H/t8-;/m1./s1. The van der Waals surface area contributed by atoms with Crippen LogP contribution in [-0.4, -0.2) is 44.2 Å². The lowest BCUT2D eigenvalue weighted by Gasteiger charge is -2.32.